The molecule has 0 saturated carbocycles. The zero-order valence-electron chi connectivity index (χ0n) is 17.9. The van der Waals surface area contributed by atoms with E-state index in [0.717, 1.165) is 0 Å². The Labute approximate surface area is 263 Å². The van der Waals surface area contributed by atoms with E-state index in [0.29, 0.717) is 10.4 Å². The van der Waals surface area contributed by atoms with E-state index in [9.17, 15) is 0 Å². The third-order valence-electron chi connectivity index (χ3n) is 5.14. The molecule has 0 radical (unpaired) electrons. The summed E-state index contributed by atoms with van der Waals surface area (Å²) in [6.07, 6.45) is 0. The molecule has 0 spiro atoms. The SMILES string of the molecule is Clc1c(Cl)c(Cl)c(O[Si](Oc2c(Cl)c(Cl)c(Cl)c(Cl)c2Cl)(c2ccccc2)c2ccccc2)c(Cl)c1Cl. The Morgan fingerprint density at radius 1 is 0.351 bits per heavy atom. The highest BCUT2D eigenvalue weighted by Gasteiger charge is 2.50. The van der Waals surface area contributed by atoms with Crippen LogP contribution in [0.2, 0.25) is 50.2 Å². The van der Waals surface area contributed by atoms with Gasteiger partial charge in [0.1, 0.15) is 31.6 Å². The molecule has 0 N–H and O–H groups in total. The van der Waals surface area contributed by atoms with E-state index in [-0.39, 0.29) is 61.7 Å². The van der Waals surface area contributed by atoms with Gasteiger partial charge in [-0.2, -0.15) is 0 Å². The lowest BCUT2D eigenvalue weighted by molar-refractivity contribution is 0.418. The summed E-state index contributed by atoms with van der Waals surface area (Å²) >= 11 is 64.0. The van der Waals surface area contributed by atoms with Crippen LogP contribution in [0.1, 0.15) is 0 Å². The van der Waals surface area contributed by atoms with Crippen molar-refractivity contribution in [2.24, 2.45) is 0 Å². The van der Waals surface area contributed by atoms with Crippen molar-refractivity contribution in [3.8, 4) is 11.5 Å². The van der Waals surface area contributed by atoms with Crippen LogP contribution >= 0.6 is 116 Å². The van der Waals surface area contributed by atoms with Gasteiger partial charge < -0.3 is 8.85 Å². The van der Waals surface area contributed by atoms with Crippen LogP contribution in [0.3, 0.4) is 0 Å². The summed E-state index contributed by atoms with van der Waals surface area (Å²) < 4.78 is 13.3. The normalized spacial score (nSPS) is 11.5. The third-order valence-corrected chi connectivity index (χ3v) is 12.8. The van der Waals surface area contributed by atoms with Crippen molar-refractivity contribution in [1.82, 2.24) is 0 Å². The summed E-state index contributed by atoms with van der Waals surface area (Å²) in [4.78, 5) is 0. The van der Waals surface area contributed by atoms with E-state index in [2.05, 4.69) is 0 Å². The lowest BCUT2D eigenvalue weighted by Crippen LogP contribution is -2.68. The molecule has 0 atom stereocenters. The van der Waals surface area contributed by atoms with Crippen molar-refractivity contribution < 1.29 is 8.85 Å². The van der Waals surface area contributed by atoms with E-state index >= 15 is 0 Å². The van der Waals surface area contributed by atoms with Crippen LogP contribution in [0.15, 0.2) is 60.7 Å². The second-order valence-electron chi connectivity index (χ2n) is 7.35. The molecule has 0 fully saturated rings. The van der Waals surface area contributed by atoms with Gasteiger partial charge in [-0.3, -0.25) is 0 Å². The number of benzene rings is 4. The first-order valence-corrected chi connectivity index (χ1v) is 15.6. The second-order valence-corrected chi connectivity index (χ2v) is 13.9. The Bertz CT molecular complexity index is 1310. The predicted molar refractivity (Wildman–Crippen MR) is 162 cm³/mol. The smallest absolute Gasteiger partial charge is 0.503 e. The Kier molecular flexibility index (Phi) is 9.59. The summed E-state index contributed by atoms with van der Waals surface area (Å²) in [5.74, 6) is -0.110. The fraction of sp³-hybridized carbons (Fsp3) is 0. The summed E-state index contributed by atoms with van der Waals surface area (Å²) in [5.41, 5.74) is 0. The minimum Gasteiger partial charge on any atom is -0.503 e. The zero-order valence-corrected chi connectivity index (χ0v) is 26.4. The van der Waals surface area contributed by atoms with Gasteiger partial charge in [-0.05, 0) is 0 Å². The predicted octanol–water partition coefficient (Wildman–Crippen LogP) is 10.9. The molecule has 0 heterocycles. The molecule has 4 aromatic rings. The minimum absolute atomic E-state index is 0.0272. The summed E-state index contributed by atoms with van der Waals surface area (Å²) in [7, 11) is -3.94. The van der Waals surface area contributed by atoms with Crippen molar-refractivity contribution in [2.75, 3.05) is 0 Å². The van der Waals surface area contributed by atoms with Crippen LogP contribution in [-0.2, 0) is 0 Å². The monoisotopic (exact) mass is 708 g/mol. The van der Waals surface area contributed by atoms with Gasteiger partial charge in [0.2, 0.25) is 0 Å². The lowest BCUT2D eigenvalue weighted by Gasteiger charge is -2.34. The van der Waals surface area contributed by atoms with Gasteiger partial charge in [0, 0.05) is 10.4 Å². The van der Waals surface area contributed by atoms with Crippen LogP contribution < -0.4 is 19.2 Å². The van der Waals surface area contributed by atoms with Gasteiger partial charge in [-0.1, -0.05) is 177 Å². The molecule has 4 rings (SSSR count). The first-order valence-electron chi connectivity index (χ1n) is 10.0. The molecule has 0 aliphatic carbocycles. The topological polar surface area (TPSA) is 18.5 Å². The van der Waals surface area contributed by atoms with Gasteiger partial charge in [0.25, 0.3) is 0 Å². The highest BCUT2D eigenvalue weighted by atomic mass is 35.5. The standard InChI is InChI=1S/C24H10Cl10O2Si/c25-13-15(27)19(31)23(20(32)16(13)28)35-37(11-7-3-1-4-8-11,12-9-5-2-6-10-12)36-24-21(33)17(29)14(26)18(30)22(24)34/h1-10H. The average Bonchev–Trinajstić information content (AvgIpc) is 2.93. The molecule has 0 aliphatic rings. The molecule has 0 unspecified atom stereocenters. The average molecular weight is 713 g/mol. The maximum Gasteiger partial charge on any atom is 0.531 e. The number of rotatable bonds is 6. The summed E-state index contributed by atoms with van der Waals surface area (Å²) in [6, 6.07) is 18.1. The number of hydrogen-bond acceptors (Lipinski definition) is 2. The fourth-order valence-corrected chi connectivity index (χ4v) is 9.12. The molecule has 0 saturated heterocycles. The Morgan fingerprint density at radius 3 is 0.865 bits per heavy atom. The molecule has 192 valence electrons. The van der Waals surface area contributed by atoms with Gasteiger partial charge >= 0.3 is 8.56 Å². The van der Waals surface area contributed by atoms with Crippen LogP contribution in [0, 0.1) is 0 Å². The number of hydrogen-bond donors (Lipinski definition) is 0. The van der Waals surface area contributed by atoms with Crippen LogP contribution in [0.5, 0.6) is 11.5 Å². The molecule has 0 aliphatic heterocycles. The Balaban J connectivity index is 2.09. The van der Waals surface area contributed by atoms with E-state index < -0.39 is 8.56 Å². The van der Waals surface area contributed by atoms with Crippen molar-refractivity contribution >= 4 is 135 Å². The van der Waals surface area contributed by atoms with E-state index in [1.54, 1.807) is 24.3 Å². The van der Waals surface area contributed by atoms with Crippen LogP contribution in [0.25, 0.3) is 0 Å². The molecule has 13 heteroatoms. The van der Waals surface area contributed by atoms with Gasteiger partial charge in [0.15, 0.2) is 0 Å². The Morgan fingerprint density at radius 2 is 0.595 bits per heavy atom. The molecule has 0 aromatic heterocycles. The largest absolute Gasteiger partial charge is 0.531 e. The molecule has 0 bridgehead atoms. The van der Waals surface area contributed by atoms with Crippen molar-refractivity contribution in [2.45, 2.75) is 0 Å². The fourth-order valence-electron chi connectivity index (χ4n) is 3.37. The van der Waals surface area contributed by atoms with Crippen molar-refractivity contribution in [3.63, 3.8) is 0 Å². The lowest BCUT2D eigenvalue weighted by atomic mass is 10.3. The highest BCUT2D eigenvalue weighted by Crippen LogP contribution is 2.51. The molecule has 37 heavy (non-hydrogen) atoms. The minimum atomic E-state index is -3.94. The van der Waals surface area contributed by atoms with Crippen LogP contribution in [-0.4, -0.2) is 8.56 Å². The second kappa shape index (κ2) is 12.0. The Hall–Kier alpha value is -0.403. The summed E-state index contributed by atoms with van der Waals surface area (Å²) in [5, 5.41) is 0.689. The third kappa shape index (κ3) is 5.48. The first kappa shape index (κ1) is 29.6. The maximum absolute atomic E-state index is 6.67. The van der Waals surface area contributed by atoms with E-state index in [1.807, 2.05) is 36.4 Å². The van der Waals surface area contributed by atoms with Gasteiger partial charge in [-0.25, -0.2) is 0 Å². The van der Waals surface area contributed by atoms with Gasteiger partial charge in [-0.15, -0.1) is 0 Å². The van der Waals surface area contributed by atoms with Gasteiger partial charge in [0.05, 0.1) is 30.1 Å². The van der Waals surface area contributed by atoms with Crippen molar-refractivity contribution in [3.05, 3.63) is 111 Å². The van der Waals surface area contributed by atoms with E-state index in [1.165, 1.54) is 0 Å². The summed E-state index contributed by atoms with van der Waals surface area (Å²) in [6.45, 7) is 0. The molecule has 0 amide bonds. The number of halogens is 10. The molecule has 2 nitrogen and oxygen atoms in total. The zero-order chi connectivity index (χ0) is 27.1. The molecular weight excluding hydrogens is 703 g/mol. The first-order chi connectivity index (χ1) is 17.5. The maximum atomic E-state index is 6.67. The molecule has 4 aromatic carbocycles. The highest BCUT2D eigenvalue weighted by molar-refractivity contribution is 6.94. The van der Waals surface area contributed by atoms with E-state index in [4.69, 9.17) is 125 Å². The van der Waals surface area contributed by atoms with Crippen LogP contribution in [0.4, 0.5) is 0 Å². The van der Waals surface area contributed by atoms with Crippen molar-refractivity contribution in [1.29, 1.82) is 0 Å². The molecular formula is C24H10Cl10O2Si. The quantitative estimate of drug-likeness (QED) is 0.113.